The first-order valence-corrected chi connectivity index (χ1v) is 9.29. The Morgan fingerprint density at radius 1 is 1.15 bits per heavy atom. The lowest BCUT2D eigenvalue weighted by atomic mass is 9.69. The minimum atomic E-state index is -0.832. The van der Waals surface area contributed by atoms with E-state index in [1.54, 1.807) is 11.0 Å². The van der Waals surface area contributed by atoms with Crippen LogP contribution in [0.5, 0.6) is 0 Å². The number of nitrogens with zero attached hydrogens (tertiary/aromatic N) is 1. The molecule has 0 unspecified atom stereocenters. The van der Waals surface area contributed by atoms with Gasteiger partial charge in [0.05, 0.1) is 6.04 Å². The van der Waals surface area contributed by atoms with Gasteiger partial charge in [0, 0.05) is 11.1 Å². The lowest BCUT2D eigenvalue weighted by Crippen LogP contribution is -2.52. The van der Waals surface area contributed by atoms with Crippen molar-refractivity contribution >= 4 is 11.6 Å². The van der Waals surface area contributed by atoms with Crippen molar-refractivity contribution in [1.29, 1.82) is 0 Å². The average Bonchev–Trinajstić information content (AvgIpc) is 2.92. The van der Waals surface area contributed by atoms with E-state index in [1.165, 1.54) is 6.07 Å². The number of amides is 1. The fraction of sp³-hybridized carbons (Fsp3) is 0.318. The first-order valence-electron chi connectivity index (χ1n) is 9.29. The monoisotopic (exact) mass is 368 g/mol. The summed E-state index contributed by atoms with van der Waals surface area (Å²) in [4.78, 5) is 15.0. The number of piperidine rings is 1. The van der Waals surface area contributed by atoms with Gasteiger partial charge in [0.25, 0.3) is 5.91 Å². The minimum Gasteiger partial charge on any atom is -0.317 e. The molecule has 1 atom stereocenters. The van der Waals surface area contributed by atoms with Crippen LogP contribution in [0.1, 0.15) is 35.2 Å². The summed E-state index contributed by atoms with van der Waals surface area (Å²) < 4.78 is 28.7. The van der Waals surface area contributed by atoms with Gasteiger partial charge in [-0.3, -0.25) is 4.79 Å². The van der Waals surface area contributed by atoms with Crippen LogP contribution >= 0.6 is 0 Å². The molecule has 1 fully saturated rings. The number of halogens is 2. The Morgan fingerprint density at radius 2 is 1.81 bits per heavy atom. The number of carbonyl (C=O) groups is 1. The van der Waals surface area contributed by atoms with Gasteiger partial charge >= 0.3 is 0 Å². The van der Waals surface area contributed by atoms with Crippen LogP contribution in [0.15, 0.2) is 55.1 Å². The molecule has 1 amide bonds. The summed E-state index contributed by atoms with van der Waals surface area (Å²) in [6, 6.07) is 11.1. The number of carbonyl (C=O) groups excluding carboxylic acids is 1. The Kier molecular flexibility index (Phi) is 4.56. The van der Waals surface area contributed by atoms with Gasteiger partial charge in [-0.1, -0.05) is 30.3 Å². The van der Waals surface area contributed by atoms with Gasteiger partial charge in [0.15, 0.2) is 0 Å². The van der Waals surface area contributed by atoms with E-state index >= 15 is 0 Å². The second-order valence-electron chi connectivity index (χ2n) is 7.24. The van der Waals surface area contributed by atoms with Gasteiger partial charge in [-0.2, -0.15) is 0 Å². The Balaban J connectivity index is 1.88. The van der Waals surface area contributed by atoms with Crippen LogP contribution in [0, 0.1) is 11.6 Å². The first kappa shape index (κ1) is 17.9. The van der Waals surface area contributed by atoms with Crippen LogP contribution in [-0.2, 0) is 5.41 Å². The van der Waals surface area contributed by atoms with Crippen LogP contribution in [0.3, 0.4) is 0 Å². The van der Waals surface area contributed by atoms with Crippen molar-refractivity contribution in [3.05, 3.63) is 77.9 Å². The van der Waals surface area contributed by atoms with Gasteiger partial charge in [-0.05, 0) is 56.1 Å². The molecule has 140 valence electrons. The summed E-state index contributed by atoms with van der Waals surface area (Å²) in [6.45, 7) is 5.56. The molecule has 0 radical (unpaired) electrons. The summed E-state index contributed by atoms with van der Waals surface area (Å²) in [5.41, 5.74) is 1.11. The normalized spacial score (nSPS) is 20.5. The summed E-state index contributed by atoms with van der Waals surface area (Å²) >= 11 is 0. The van der Waals surface area contributed by atoms with E-state index in [1.807, 2.05) is 24.3 Å². The molecule has 1 spiro atoms. The molecule has 4 rings (SSSR count). The van der Waals surface area contributed by atoms with E-state index in [0.717, 1.165) is 49.3 Å². The summed E-state index contributed by atoms with van der Waals surface area (Å²) in [7, 11) is 0. The summed E-state index contributed by atoms with van der Waals surface area (Å²) in [5, 5.41) is 3.37. The molecule has 2 aromatic rings. The van der Waals surface area contributed by atoms with Crippen molar-refractivity contribution in [1.82, 2.24) is 5.32 Å². The topological polar surface area (TPSA) is 32.3 Å². The van der Waals surface area contributed by atoms with Gasteiger partial charge in [0.2, 0.25) is 0 Å². The lowest BCUT2D eigenvalue weighted by Gasteiger charge is -2.41. The van der Waals surface area contributed by atoms with E-state index in [-0.39, 0.29) is 11.5 Å². The van der Waals surface area contributed by atoms with Crippen LogP contribution in [0.25, 0.3) is 0 Å². The third kappa shape index (κ3) is 2.69. The number of fused-ring (bicyclic) bond motifs is 2. The van der Waals surface area contributed by atoms with Gasteiger partial charge < -0.3 is 10.2 Å². The highest BCUT2D eigenvalue weighted by molar-refractivity contribution is 6.08. The van der Waals surface area contributed by atoms with Crippen LogP contribution in [0.4, 0.5) is 14.5 Å². The number of benzene rings is 2. The van der Waals surface area contributed by atoms with Gasteiger partial charge in [0.1, 0.15) is 17.2 Å². The zero-order chi connectivity index (χ0) is 19.0. The van der Waals surface area contributed by atoms with Gasteiger partial charge in [-0.15, -0.1) is 6.58 Å². The standard InChI is InChI=1S/C22H22F2N2O/c1-2-6-19-22(11-13-25-14-12-22)15-7-3-4-10-18(15)26(19)21(27)20-16(23)8-5-9-17(20)24/h2-5,7-10,19,25H,1,6,11-14H2/t19-/m1/s1. The number of para-hydroxylation sites is 1. The second-order valence-corrected chi connectivity index (χ2v) is 7.24. The van der Waals surface area contributed by atoms with Crippen LogP contribution in [0.2, 0.25) is 0 Å². The molecule has 2 aliphatic heterocycles. The van der Waals surface area contributed by atoms with Crippen molar-refractivity contribution < 1.29 is 13.6 Å². The zero-order valence-corrected chi connectivity index (χ0v) is 15.1. The van der Waals surface area contributed by atoms with Crippen molar-refractivity contribution in [3.63, 3.8) is 0 Å². The molecule has 1 N–H and O–H groups in total. The predicted molar refractivity (Wildman–Crippen MR) is 102 cm³/mol. The Hall–Kier alpha value is -2.53. The van der Waals surface area contributed by atoms with E-state index in [0.29, 0.717) is 6.42 Å². The minimum absolute atomic E-state index is 0.207. The summed E-state index contributed by atoms with van der Waals surface area (Å²) in [6.07, 6.45) is 4.09. The summed E-state index contributed by atoms with van der Waals surface area (Å²) in [5.74, 6) is -2.29. The van der Waals surface area contributed by atoms with E-state index < -0.39 is 23.1 Å². The van der Waals surface area contributed by atoms with Crippen molar-refractivity contribution in [2.45, 2.75) is 30.7 Å². The van der Waals surface area contributed by atoms with Crippen LogP contribution < -0.4 is 10.2 Å². The quantitative estimate of drug-likeness (QED) is 0.824. The molecular formula is C22H22F2N2O. The molecule has 0 saturated carbocycles. The number of rotatable bonds is 3. The molecule has 1 saturated heterocycles. The van der Waals surface area contributed by atoms with Crippen molar-refractivity contribution in [2.75, 3.05) is 18.0 Å². The third-order valence-corrected chi connectivity index (χ3v) is 5.93. The second kappa shape index (κ2) is 6.89. The Bertz CT molecular complexity index is 869. The fourth-order valence-electron chi connectivity index (χ4n) is 4.74. The Labute approximate surface area is 157 Å². The molecule has 3 nitrogen and oxygen atoms in total. The van der Waals surface area contributed by atoms with Crippen molar-refractivity contribution in [3.8, 4) is 0 Å². The molecular weight excluding hydrogens is 346 g/mol. The molecule has 2 aliphatic rings. The van der Waals surface area contributed by atoms with Crippen LogP contribution in [-0.4, -0.2) is 25.0 Å². The number of hydrogen-bond acceptors (Lipinski definition) is 2. The Morgan fingerprint density at radius 3 is 2.48 bits per heavy atom. The number of hydrogen-bond donors (Lipinski definition) is 1. The predicted octanol–water partition coefficient (Wildman–Crippen LogP) is 4.19. The van der Waals surface area contributed by atoms with Crippen molar-refractivity contribution in [2.24, 2.45) is 0 Å². The molecule has 2 heterocycles. The maximum Gasteiger partial charge on any atom is 0.264 e. The zero-order valence-electron chi connectivity index (χ0n) is 15.1. The first-order chi connectivity index (χ1) is 13.1. The highest BCUT2D eigenvalue weighted by Gasteiger charge is 2.52. The maximum absolute atomic E-state index is 14.4. The highest BCUT2D eigenvalue weighted by atomic mass is 19.1. The fourth-order valence-corrected chi connectivity index (χ4v) is 4.74. The SMILES string of the molecule is C=CC[C@H]1N(C(=O)c2c(F)cccc2F)c2ccccc2C12CCNCC2. The molecule has 0 aliphatic carbocycles. The third-order valence-electron chi connectivity index (χ3n) is 5.93. The van der Waals surface area contributed by atoms with Gasteiger partial charge in [-0.25, -0.2) is 8.78 Å². The van der Waals surface area contributed by atoms with E-state index in [9.17, 15) is 13.6 Å². The average molecular weight is 368 g/mol. The lowest BCUT2D eigenvalue weighted by molar-refractivity contribution is 0.0956. The number of nitrogens with one attached hydrogen (secondary N) is 1. The molecule has 27 heavy (non-hydrogen) atoms. The smallest absolute Gasteiger partial charge is 0.264 e. The largest absolute Gasteiger partial charge is 0.317 e. The highest BCUT2D eigenvalue weighted by Crippen LogP contribution is 2.52. The number of anilines is 1. The molecule has 5 heteroatoms. The molecule has 2 aromatic carbocycles. The maximum atomic E-state index is 14.4. The van der Waals surface area contributed by atoms with E-state index in [4.69, 9.17) is 0 Å². The molecule has 0 bridgehead atoms. The van der Waals surface area contributed by atoms with E-state index in [2.05, 4.69) is 11.9 Å². The molecule has 0 aromatic heterocycles.